The normalized spacial score (nSPS) is 15.8. The summed E-state index contributed by atoms with van der Waals surface area (Å²) < 4.78 is 65.9. The first-order chi connectivity index (χ1) is 10.9. The van der Waals surface area contributed by atoms with E-state index >= 15 is 0 Å². The molecule has 0 aliphatic heterocycles. The highest BCUT2D eigenvalue weighted by atomic mass is 79.9. The molecule has 0 aromatic heterocycles. The Morgan fingerprint density at radius 3 is 2.46 bits per heavy atom. The fraction of sp³-hybridized carbons (Fsp3) is 0.357. The van der Waals surface area contributed by atoms with Crippen LogP contribution in [0.3, 0.4) is 0 Å². The summed E-state index contributed by atoms with van der Waals surface area (Å²) in [4.78, 5) is 11.8. The Morgan fingerprint density at radius 2 is 1.92 bits per heavy atom. The number of alkyl halides is 3. The van der Waals surface area contributed by atoms with Crippen molar-refractivity contribution in [1.82, 2.24) is 0 Å². The van der Waals surface area contributed by atoms with Crippen molar-refractivity contribution in [2.24, 2.45) is 0 Å². The van der Waals surface area contributed by atoms with Gasteiger partial charge in [-0.05, 0) is 38.3 Å². The molecule has 0 N–H and O–H groups in total. The number of hydrogen-bond donors (Lipinski definition) is 0. The van der Waals surface area contributed by atoms with Crippen LogP contribution in [0.15, 0.2) is 21.6 Å². The second-order valence-corrected chi connectivity index (χ2v) is 9.47. The minimum atomic E-state index is -5.83. The van der Waals surface area contributed by atoms with Crippen LogP contribution in [0, 0.1) is 0 Å². The first-order valence-corrected chi connectivity index (χ1v) is 9.66. The number of hydrogen-bond acceptors (Lipinski definition) is 4. The molecule has 1 atom stereocenters. The lowest BCUT2D eigenvalue weighted by molar-refractivity contribution is -0.0500. The summed E-state index contributed by atoms with van der Waals surface area (Å²) in [6, 6.07) is 2.90. The van der Waals surface area contributed by atoms with Gasteiger partial charge in [0.1, 0.15) is 0 Å². The maximum absolute atomic E-state index is 12.7. The number of benzene rings is 1. The van der Waals surface area contributed by atoms with E-state index in [0.29, 0.717) is 3.39 Å². The van der Waals surface area contributed by atoms with Crippen molar-refractivity contribution in [3.05, 3.63) is 38.3 Å². The van der Waals surface area contributed by atoms with Crippen molar-refractivity contribution in [3.63, 3.8) is 0 Å². The van der Waals surface area contributed by atoms with Gasteiger partial charge in [-0.25, -0.2) is 0 Å². The van der Waals surface area contributed by atoms with Crippen molar-refractivity contribution in [2.75, 3.05) is 0 Å². The molecule has 0 radical (unpaired) electrons. The molecule has 0 saturated heterocycles. The molecule has 1 aromatic carbocycles. The van der Waals surface area contributed by atoms with E-state index in [2.05, 4.69) is 36.0 Å². The van der Waals surface area contributed by atoms with Crippen LogP contribution in [-0.2, 0) is 16.5 Å². The van der Waals surface area contributed by atoms with E-state index in [1.807, 2.05) is 0 Å². The SMILES string of the molecule is CC(C=C(Br)Br)c1ccc2c(c1OS(=O)(=O)C(F)(F)F)CCC2=O. The van der Waals surface area contributed by atoms with E-state index in [9.17, 15) is 26.4 Å². The molecule has 4 nitrogen and oxygen atoms in total. The second-order valence-electron chi connectivity index (χ2n) is 5.16. The molecule has 0 heterocycles. The molecule has 0 amide bonds. The lowest BCUT2D eigenvalue weighted by Crippen LogP contribution is -2.29. The fourth-order valence-corrected chi connectivity index (χ4v) is 3.72. The molecule has 1 unspecified atom stereocenters. The van der Waals surface area contributed by atoms with Gasteiger partial charge >= 0.3 is 15.6 Å². The third kappa shape index (κ3) is 3.85. The van der Waals surface area contributed by atoms with E-state index in [1.54, 1.807) is 13.0 Å². The smallest absolute Gasteiger partial charge is 0.375 e. The molecule has 1 aliphatic rings. The second kappa shape index (κ2) is 6.80. The summed E-state index contributed by atoms with van der Waals surface area (Å²) in [5.74, 6) is -1.13. The molecule has 132 valence electrons. The minimum Gasteiger partial charge on any atom is -0.375 e. The highest BCUT2D eigenvalue weighted by Crippen LogP contribution is 2.41. The zero-order valence-electron chi connectivity index (χ0n) is 12.2. The van der Waals surface area contributed by atoms with Crippen molar-refractivity contribution in [3.8, 4) is 5.75 Å². The maximum atomic E-state index is 12.7. The molecule has 0 saturated carbocycles. The van der Waals surface area contributed by atoms with Gasteiger partial charge in [0.2, 0.25) is 0 Å². The zero-order chi connectivity index (χ0) is 18.3. The Kier molecular flexibility index (Phi) is 5.51. The maximum Gasteiger partial charge on any atom is 0.534 e. The number of carbonyl (C=O) groups is 1. The molecule has 0 fully saturated rings. The van der Waals surface area contributed by atoms with Crippen molar-refractivity contribution in [1.29, 1.82) is 0 Å². The minimum absolute atomic E-state index is 0.105. The zero-order valence-corrected chi connectivity index (χ0v) is 16.1. The third-order valence-electron chi connectivity index (χ3n) is 3.54. The molecule has 0 spiro atoms. The monoisotopic (exact) mass is 490 g/mol. The highest BCUT2D eigenvalue weighted by molar-refractivity contribution is 9.28. The number of allylic oxidation sites excluding steroid dienone is 1. The van der Waals surface area contributed by atoms with Crippen LogP contribution < -0.4 is 4.18 Å². The van der Waals surface area contributed by atoms with Gasteiger partial charge in [-0.2, -0.15) is 21.6 Å². The predicted molar refractivity (Wildman–Crippen MR) is 89.0 cm³/mol. The van der Waals surface area contributed by atoms with Gasteiger partial charge < -0.3 is 4.18 Å². The summed E-state index contributed by atoms with van der Waals surface area (Å²) in [5, 5.41) is 0. The van der Waals surface area contributed by atoms with Crippen LogP contribution in [0.5, 0.6) is 5.75 Å². The van der Waals surface area contributed by atoms with Crippen LogP contribution in [0.2, 0.25) is 0 Å². The van der Waals surface area contributed by atoms with Crippen molar-refractivity contribution in [2.45, 2.75) is 31.2 Å². The number of fused-ring (bicyclic) bond motifs is 1. The summed E-state index contributed by atoms with van der Waals surface area (Å²) in [6.45, 7) is 1.66. The van der Waals surface area contributed by atoms with E-state index in [0.717, 1.165) is 0 Å². The topological polar surface area (TPSA) is 60.4 Å². The molecular weight excluding hydrogens is 481 g/mol. The van der Waals surface area contributed by atoms with Crippen LogP contribution in [0.1, 0.15) is 40.7 Å². The Balaban J connectivity index is 2.63. The molecule has 1 aromatic rings. The van der Waals surface area contributed by atoms with Gasteiger partial charge in [-0.1, -0.05) is 25.1 Å². The van der Waals surface area contributed by atoms with Gasteiger partial charge in [-0.3, -0.25) is 4.79 Å². The van der Waals surface area contributed by atoms with E-state index in [1.165, 1.54) is 12.1 Å². The summed E-state index contributed by atoms with van der Waals surface area (Å²) in [5.41, 5.74) is -4.92. The standard InChI is InChI=1S/C14H11Br2F3O4S/c1-7(6-12(15)16)8-2-3-9-10(4-5-11(9)20)13(8)23-24(21,22)14(17,18)19/h2-3,6-7H,4-5H2,1H3. The number of ketones is 1. The first kappa shape index (κ1) is 19.5. The van der Waals surface area contributed by atoms with Crippen LogP contribution in [0.4, 0.5) is 13.2 Å². The van der Waals surface area contributed by atoms with Gasteiger partial charge in [0, 0.05) is 29.0 Å². The van der Waals surface area contributed by atoms with E-state index in [-0.39, 0.29) is 35.3 Å². The summed E-state index contributed by atoms with van der Waals surface area (Å²) in [7, 11) is -5.83. The molecule has 2 rings (SSSR count). The number of halogens is 5. The van der Waals surface area contributed by atoms with Gasteiger partial charge in [0.25, 0.3) is 0 Å². The average molecular weight is 492 g/mol. The molecule has 10 heteroatoms. The Morgan fingerprint density at radius 1 is 1.29 bits per heavy atom. The molecule has 24 heavy (non-hydrogen) atoms. The average Bonchev–Trinajstić information content (AvgIpc) is 2.79. The Labute approximate surface area is 153 Å². The quantitative estimate of drug-likeness (QED) is 0.449. The Hall–Kier alpha value is -0.870. The van der Waals surface area contributed by atoms with Gasteiger partial charge in [-0.15, -0.1) is 0 Å². The predicted octanol–water partition coefficient (Wildman–Crippen LogP) is 4.78. The van der Waals surface area contributed by atoms with Crippen LogP contribution in [-0.4, -0.2) is 19.7 Å². The molecular formula is C14H11Br2F3O4S. The largest absolute Gasteiger partial charge is 0.534 e. The Bertz CT molecular complexity index is 812. The van der Waals surface area contributed by atoms with Crippen LogP contribution in [0.25, 0.3) is 0 Å². The van der Waals surface area contributed by atoms with E-state index in [4.69, 9.17) is 0 Å². The lowest BCUT2D eigenvalue weighted by Gasteiger charge is -2.18. The first-order valence-electron chi connectivity index (χ1n) is 6.66. The fourth-order valence-electron chi connectivity index (χ4n) is 2.42. The van der Waals surface area contributed by atoms with Crippen LogP contribution >= 0.6 is 31.9 Å². The molecule has 0 bridgehead atoms. The van der Waals surface area contributed by atoms with Gasteiger partial charge in [0.15, 0.2) is 11.5 Å². The molecule has 1 aliphatic carbocycles. The summed E-state index contributed by atoms with van der Waals surface area (Å²) >= 11 is 6.29. The van der Waals surface area contributed by atoms with Gasteiger partial charge in [0.05, 0.1) is 3.39 Å². The number of carbonyl (C=O) groups excluding carboxylic acids is 1. The highest BCUT2D eigenvalue weighted by Gasteiger charge is 2.49. The van der Waals surface area contributed by atoms with Crippen molar-refractivity contribution >= 4 is 47.8 Å². The number of Topliss-reactive ketones (excluding diaryl/α,β-unsaturated/α-hetero) is 1. The van der Waals surface area contributed by atoms with E-state index < -0.39 is 27.3 Å². The third-order valence-corrected chi connectivity index (χ3v) is 5.02. The summed E-state index contributed by atoms with van der Waals surface area (Å²) in [6.07, 6.45) is 1.86. The van der Waals surface area contributed by atoms with Crippen molar-refractivity contribution < 1.29 is 30.6 Å². The lowest BCUT2D eigenvalue weighted by atomic mass is 9.95. The number of rotatable bonds is 4.